The van der Waals surface area contributed by atoms with Crippen LogP contribution in [0, 0.1) is 13.8 Å². The second-order valence-electron chi connectivity index (χ2n) is 6.23. The Hall–Kier alpha value is -3.05. The third kappa shape index (κ3) is 2.79. The van der Waals surface area contributed by atoms with Crippen LogP contribution in [-0.4, -0.2) is 19.6 Å². The van der Waals surface area contributed by atoms with Gasteiger partial charge in [0.25, 0.3) is 0 Å². The Balaban J connectivity index is 1.81. The van der Waals surface area contributed by atoms with Crippen LogP contribution in [0.15, 0.2) is 61.1 Å². The monoisotopic (exact) mass is 329 g/mol. The molecule has 1 atom stereocenters. The van der Waals surface area contributed by atoms with Gasteiger partial charge in [0.2, 0.25) is 0 Å². The van der Waals surface area contributed by atoms with E-state index in [1.807, 2.05) is 35.0 Å². The van der Waals surface area contributed by atoms with Crippen molar-refractivity contribution in [2.45, 2.75) is 19.9 Å². The number of rotatable bonds is 3. The highest BCUT2D eigenvalue weighted by Crippen LogP contribution is 2.24. The van der Waals surface area contributed by atoms with Gasteiger partial charge in [-0.05, 0) is 60.9 Å². The van der Waals surface area contributed by atoms with Gasteiger partial charge in [-0.25, -0.2) is 9.50 Å². The summed E-state index contributed by atoms with van der Waals surface area (Å²) < 4.78 is 1.86. The lowest BCUT2D eigenvalue weighted by atomic mass is 10.0. The van der Waals surface area contributed by atoms with Crippen LogP contribution in [0.25, 0.3) is 16.9 Å². The minimum absolute atomic E-state index is 0.303. The number of hydrogen-bond donors (Lipinski definition) is 1. The van der Waals surface area contributed by atoms with Gasteiger partial charge in [-0.2, -0.15) is 5.10 Å². The number of fused-ring (bicyclic) bond motifs is 1. The van der Waals surface area contributed by atoms with Gasteiger partial charge in [-0.3, -0.25) is 4.98 Å². The molecular formula is C20H19N5. The zero-order chi connectivity index (χ0) is 17.4. The third-order valence-electron chi connectivity index (χ3n) is 4.57. The first-order valence-corrected chi connectivity index (χ1v) is 8.21. The van der Waals surface area contributed by atoms with E-state index in [2.05, 4.69) is 42.0 Å². The molecule has 0 saturated carbocycles. The first-order chi connectivity index (χ1) is 12.1. The van der Waals surface area contributed by atoms with Crippen LogP contribution in [0.3, 0.4) is 0 Å². The van der Waals surface area contributed by atoms with Crippen LogP contribution < -0.4 is 5.73 Å². The van der Waals surface area contributed by atoms with Crippen molar-refractivity contribution >= 4 is 5.65 Å². The quantitative estimate of drug-likeness (QED) is 0.625. The summed E-state index contributed by atoms with van der Waals surface area (Å²) in [6.45, 7) is 4.22. The van der Waals surface area contributed by atoms with E-state index >= 15 is 0 Å². The van der Waals surface area contributed by atoms with Crippen molar-refractivity contribution < 1.29 is 0 Å². The molecule has 1 unspecified atom stereocenters. The Kier molecular flexibility index (Phi) is 3.78. The van der Waals surface area contributed by atoms with E-state index in [1.54, 1.807) is 12.4 Å². The SMILES string of the molecule is Cc1ccc(-c2cnc3ccc(C(N)c4ccncc4)nn23)cc1C. The van der Waals surface area contributed by atoms with Gasteiger partial charge in [0, 0.05) is 18.0 Å². The van der Waals surface area contributed by atoms with Gasteiger partial charge in [-0.1, -0.05) is 12.1 Å². The van der Waals surface area contributed by atoms with Crippen molar-refractivity contribution in [3.63, 3.8) is 0 Å². The summed E-state index contributed by atoms with van der Waals surface area (Å²) in [7, 11) is 0. The average Bonchev–Trinajstić information content (AvgIpc) is 3.07. The summed E-state index contributed by atoms with van der Waals surface area (Å²) >= 11 is 0. The highest BCUT2D eigenvalue weighted by molar-refractivity contribution is 5.64. The number of aryl methyl sites for hydroxylation is 2. The van der Waals surface area contributed by atoms with Crippen molar-refractivity contribution in [1.29, 1.82) is 0 Å². The molecule has 0 aliphatic carbocycles. The molecule has 5 nitrogen and oxygen atoms in total. The zero-order valence-corrected chi connectivity index (χ0v) is 14.2. The molecule has 0 bridgehead atoms. The van der Waals surface area contributed by atoms with Gasteiger partial charge >= 0.3 is 0 Å². The standard InChI is InChI=1S/C20H19N5/c1-13-3-4-16(11-14(13)2)18-12-23-19-6-5-17(24-25(18)19)20(21)15-7-9-22-10-8-15/h3-12,20H,21H2,1-2H3. The maximum Gasteiger partial charge on any atom is 0.154 e. The van der Waals surface area contributed by atoms with E-state index in [0.717, 1.165) is 28.2 Å². The fraction of sp³-hybridized carbons (Fsp3) is 0.150. The number of imidazole rings is 1. The smallest absolute Gasteiger partial charge is 0.154 e. The molecule has 1 aromatic carbocycles. The summed E-state index contributed by atoms with van der Waals surface area (Å²) in [4.78, 5) is 8.51. The fourth-order valence-corrected chi connectivity index (χ4v) is 2.89. The van der Waals surface area contributed by atoms with Crippen LogP contribution in [0.4, 0.5) is 0 Å². The van der Waals surface area contributed by atoms with Gasteiger partial charge in [0.05, 0.1) is 23.6 Å². The minimum atomic E-state index is -0.303. The van der Waals surface area contributed by atoms with Gasteiger partial charge < -0.3 is 5.73 Å². The number of benzene rings is 1. The Morgan fingerprint density at radius 2 is 1.76 bits per heavy atom. The van der Waals surface area contributed by atoms with Gasteiger partial charge in [-0.15, -0.1) is 0 Å². The van der Waals surface area contributed by atoms with Crippen molar-refractivity contribution in [3.8, 4) is 11.3 Å². The first-order valence-electron chi connectivity index (χ1n) is 8.21. The van der Waals surface area contributed by atoms with Crippen molar-refractivity contribution in [2.24, 2.45) is 5.73 Å². The molecule has 0 spiro atoms. The Morgan fingerprint density at radius 3 is 2.52 bits per heavy atom. The Labute approximate surface area is 146 Å². The van der Waals surface area contributed by atoms with E-state index in [4.69, 9.17) is 10.8 Å². The third-order valence-corrected chi connectivity index (χ3v) is 4.57. The lowest BCUT2D eigenvalue weighted by Crippen LogP contribution is -2.15. The van der Waals surface area contributed by atoms with E-state index in [-0.39, 0.29) is 6.04 Å². The molecule has 0 fully saturated rings. The first kappa shape index (κ1) is 15.5. The van der Waals surface area contributed by atoms with Gasteiger partial charge in [0.15, 0.2) is 5.65 Å². The molecular weight excluding hydrogens is 310 g/mol. The van der Waals surface area contributed by atoms with E-state index in [0.29, 0.717) is 0 Å². The van der Waals surface area contributed by atoms with Gasteiger partial charge in [0.1, 0.15) is 0 Å². The maximum absolute atomic E-state index is 6.38. The molecule has 0 aliphatic rings. The lowest BCUT2D eigenvalue weighted by molar-refractivity contribution is 0.770. The second kappa shape index (κ2) is 6.11. The van der Waals surface area contributed by atoms with Crippen molar-refractivity contribution in [2.75, 3.05) is 0 Å². The normalized spacial score (nSPS) is 12.4. The lowest BCUT2D eigenvalue weighted by Gasteiger charge is -2.12. The second-order valence-corrected chi connectivity index (χ2v) is 6.23. The largest absolute Gasteiger partial charge is 0.319 e. The number of nitrogens with zero attached hydrogens (tertiary/aromatic N) is 4. The molecule has 0 aliphatic heterocycles. The number of hydrogen-bond acceptors (Lipinski definition) is 4. The minimum Gasteiger partial charge on any atom is -0.319 e. The van der Waals surface area contributed by atoms with Crippen LogP contribution in [0.5, 0.6) is 0 Å². The molecule has 0 saturated heterocycles. The molecule has 0 amide bonds. The molecule has 2 N–H and O–H groups in total. The number of aromatic nitrogens is 4. The highest BCUT2D eigenvalue weighted by Gasteiger charge is 2.14. The summed E-state index contributed by atoms with van der Waals surface area (Å²) in [6, 6.07) is 13.8. The molecule has 4 aromatic rings. The summed E-state index contributed by atoms with van der Waals surface area (Å²) in [5.74, 6) is 0. The maximum atomic E-state index is 6.38. The van der Waals surface area contributed by atoms with Crippen molar-refractivity contribution in [3.05, 3.63) is 83.4 Å². The summed E-state index contributed by atoms with van der Waals surface area (Å²) in [6.07, 6.45) is 5.34. The predicted octanol–water partition coefficient (Wildman–Crippen LogP) is 3.46. The van der Waals surface area contributed by atoms with Crippen molar-refractivity contribution in [1.82, 2.24) is 19.6 Å². The topological polar surface area (TPSA) is 69.1 Å². The highest BCUT2D eigenvalue weighted by atomic mass is 15.3. The van der Waals surface area contributed by atoms with E-state index < -0.39 is 0 Å². The van der Waals surface area contributed by atoms with Crippen LogP contribution in [-0.2, 0) is 0 Å². The number of nitrogens with two attached hydrogens (primary N) is 1. The van der Waals surface area contributed by atoms with Crippen LogP contribution in [0.2, 0.25) is 0 Å². The van der Waals surface area contributed by atoms with E-state index in [1.165, 1.54) is 11.1 Å². The molecule has 5 heteroatoms. The average molecular weight is 329 g/mol. The predicted molar refractivity (Wildman–Crippen MR) is 98.2 cm³/mol. The Bertz CT molecular complexity index is 1040. The Morgan fingerprint density at radius 1 is 0.960 bits per heavy atom. The molecule has 4 rings (SSSR count). The fourth-order valence-electron chi connectivity index (χ4n) is 2.89. The molecule has 0 radical (unpaired) electrons. The molecule has 124 valence electrons. The van der Waals surface area contributed by atoms with Crippen LogP contribution in [0.1, 0.15) is 28.4 Å². The summed E-state index contributed by atoms with van der Waals surface area (Å²) in [5, 5.41) is 4.75. The molecule has 3 aromatic heterocycles. The van der Waals surface area contributed by atoms with E-state index in [9.17, 15) is 0 Å². The summed E-state index contributed by atoms with van der Waals surface area (Å²) in [5.41, 5.74) is 13.5. The molecule has 25 heavy (non-hydrogen) atoms. The zero-order valence-electron chi connectivity index (χ0n) is 14.2. The number of pyridine rings is 1. The van der Waals surface area contributed by atoms with Crippen LogP contribution >= 0.6 is 0 Å². The molecule has 3 heterocycles.